The van der Waals surface area contributed by atoms with Crippen molar-refractivity contribution >= 4 is 5.91 Å². The summed E-state index contributed by atoms with van der Waals surface area (Å²) in [5.74, 6) is 0.664. The van der Waals surface area contributed by atoms with Crippen LogP contribution in [-0.2, 0) is 4.79 Å². The Balaban J connectivity index is 1.74. The lowest BCUT2D eigenvalue weighted by atomic mass is 9.95. The van der Waals surface area contributed by atoms with Crippen molar-refractivity contribution in [2.24, 2.45) is 11.7 Å². The van der Waals surface area contributed by atoms with E-state index < -0.39 is 5.60 Å². The monoisotopic (exact) mass is 198 g/mol. The van der Waals surface area contributed by atoms with Crippen LogP contribution in [0.2, 0.25) is 0 Å². The SMILES string of the molecule is CC1(O)CN(C(=O)CC(N)C2CC2)C1. The summed E-state index contributed by atoms with van der Waals surface area (Å²) in [5.41, 5.74) is 5.19. The molecule has 1 saturated carbocycles. The fourth-order valence-corrected chi connectivity index (χ4v) is 1.97. The summed E-state index contributed by atoms with van der Waals surface area (Å²) < 4.78 is 0. The maximum atomic E-state index is 11.6. The molecule has 1 unspecified atom stereocenters. The zero-order valence-corrected chi connectivity index (χ0v) is 8.57. The molecule has 0 bridgehead atoms. The summed E-state index contributed by atoms with van der Waals surface area (Å²) >= 11 is 0. The number of β-amino-alcohol motifs (C(OH)–C–C–N with tert-alkyl or cyclic N) is 1. The Bertz CT molecular complexity index is 241. The number of hydrogen-bond donors (Lipinski definition) is 2. The molecule has 1 heterocycles. The van der Waals surface area contributed by atoms with Gasteiger partial charge in [0.25, 0.3) is 0 Å². The highest BCUT2D eigenvalue weighted by Gasteiger charge is 2.40. The van der Waals surface area contributed by atoms with E-state index in [4.69, 9.17) is 5.73 Å². The quantitative estimate of drug-likeness (QED) is 0.654. The van der Waals surface area contributed by atoms with Crippen LogP contribution in [0, 0.1) is 5.92 Å². The van der Waals surface area contributed by atoms with Crippen molar-refractivity contribution in [3.63, 3.8) is 0 Å². The predicted octanol–water partition coefficient (Wildman–Crippen LogP) is -0.293. The molecule has 0 aromatic heterocycles. The van der Waals surface area contributed by atoms with Crippen LogP contribution in [0.5, 0.6) is 0 Å². The summed E-state index contributed by atoms with van der Waals surface area (Å²) in [7, 11) is 0. The topological polar surface area (TPSA) is 66.6 Å². The lowest BCUT2D eigenvalue weighted by Crippen LogP contribution is -2.62. The molecular formula is C10H18N2O2. The first-order chi connectivity index (χ1) is 6.48. The third kappa shape index (κ3) is 2.07. The minimum atomic E-state index is -0.667. The van der Waals surface area contributed by atoms with E-state index in [1.54, 1.807) is 11.8 Å². The maximum absolute atomic E-state index is 11.6. The van der Waals surface area contributed by atoms with Crippen LogP contribution in [0.25, 0.3) is 0 Å². The molecule has 2 aliphatic rings. The van der Waals surface area contributed by atoms with Gasteiger partial charge in [-0.15, -0.1) is 0 Å². The molecule has 1 amide bonds. The van der Waals surface area contributed by atoms with Gasteiger partial charge >= 0.3 is 0 Å². The molecular weight excluding hydrogens is 180 g/mol. The molecule has 1 aliphatic heterocycles. The number of nitrogens with two attached hydrogens (primary N) is 1. The van der Waals surface area contributed by atoms with Gasteiger partial charge in [-0.3, -0.25) is 4.79 Å². The predicted molar refractivity (Wildman–Crippen MR) is 52.5 cm³/mol. The number of aliphatic hydroxyl groups is 1. The average Bonchev–Trinajstić information content (AvgIpc) is 2.81. The van der Waals surface area contributed by atoms with Gasteiger partial charge < -0.3 is 15.7 Å². The van der Waals surface area contributed by atoms with Gasteiger partial charge in [0.15, 0.2) is 0 Å². The van der Waals surface area contributed by atoms with Gasteiger partial charge in [0.1, 0.15) is 0 Å². The van der Waals surface area contributed by atoms with Gasteiger partial charge in [-0.1, -0.05) is 0 Å². The van der Waals surface area contributed by atoms with Crippen LogP contribution >= 0.6 is 0 Å². The maximum Gasteiger partial charge on any atom is 0.224 e. The molecule has 3 N–H and O–H groups in total. The van der Waals surface area contributed by atoms with Crippen LogP contribution in [0.4, 0.5) is 0 Å². The third-order valence-corrected chi connectivity index (χ3v) is 3.05. The van der Waals surface area contributed by atoms with Crippen LogP contribution < -0.4 is 5.73 Å². The molecule has 1 aliphatic carbocycles. The number of hydrogen-bond acceptors (Lipinski definition) is 3. The average molecular weight is 198 g/mol. The molecule has 14 heavy (non-hydrogen) atoms. The molecule has 0 aromatic carbocycles. The van der Waals surface area contributed by atoms with E-state index in [0.29, 0.717) is 25.4 Å². The summed E-state index contributed by atoms with van der Waals surface area (Å²) in [6.07, 6.45) is 2.79. The number of carbonyl (C=O) groups excluding carboxylic acids is 1. The lowest BCUT2D eigenvalue weighted by molar-refractivity contribution is -0.152. The first kappa shape index (κ1) is 9.93. The Kier molecular flexibility index (Phi) is 2.27. The van der Waals surface area contributed by atoms with Crippen molar-refractivity contribution < 1.29 is 9.90 Å². The smallest absolute Gasteiger partial charge is 0.224 e. The fraction of sp³-hybridized carbons (Fsp3) is 0.900. The van der Waals surface area contributed by atoms with Gasteiger partial charge in [0.05, 0.1) is 18.7 Å². The molecule has 1 atom stereocenters. The minimum Gasteiger partial charge on any atom is -0.386 e. The van der Waals surface area contributed by atoms with Crippen molar-refractivity contribution in [2.45, 2.75) is 37.8 Å². The normalized spacial score (nSPS) is 26.9. The van der Waals surface area contributed by atoms with Crippen LogP contribution in [0.1, 0.15) is 26.2 Å². The number of nitrogens with zero attached hydrogens (tertiary/aromatic N) is 1. The Hall–Kier alpha value is -0.610. The molecule has 0 radical (unpaired) electrons. The third-order valence-electron chi connectivity index (χ3n) is 3.05. The van der Waals surface area contributed by atoms with E-state index in [1.165, 1.54) is 12.8 Å². The number of carbonyl (C=O) groups is 1. The van der Waals surface area contributed by atoms with Gasteiger partial charge in [-0.2, -0.15) is 0 Å². The first-order valence-corrected chi connectivity index (χ1v) is 5.24. The molecule has 0 spiro atoms. The van der Waals surface area contributed by atoms with Crippen LogP contribution in [-0.4, -0.2) is 40.6 Å². The van der Waals surface area contributed by atoms with Crippen molar-refractivity contribution in [3.8, 4) is 0 Å². The van der Waals surface area contributed by atoms with Crippen LogP contribution in [0.3, 0.4) is 0 Å². The highest BCUT2D eigenvalue weighted by Crippen LogP contribution is 2.33. The second-order valence-electron chi connectivity index (χ2n) is 4.95. The molecule has 1 saturated heterocycles. The van der Waals surface area contributed by atoms with E-state index in [2.05, 4.69) is 0 Å². The number of amides is 1. The summed E-state index contributed by atoms with van der Waals surface area (Å²) in [4.78, 5) is 13.3. The molecule has 80 valence electrons. The Morgan fingerprint density at radius 2 is 2.21 bits per heavy atom. The second kappa shape index (κ2) is 3.21. The number of likely N-dealkylation sites (tertiary alicyclic amines) is 1. The van der Waals surface area contributed by atoms with E-state index in [1.807, 2.05) is 0 Å². The number of rotatable bonds is 3. The zero-order valence-electron chi connectivity index (χ0n) is 8.57. The summed E-state index contributed by atoms with van der Waals surface area (Å²) in [6, 6.07) is 0.0352. The Morgan fingerprint density at radius 1 is 1.64 bits per heavy atom. The second-order valence-corrected chi connectivity index (χ2v) is 4.95. The summed E-state index contributed by atoms with van der Waals surface area (Å²) in [5, 5.41) is 9.46. The van der Waals surface area contributed by atoms with E-state index in [-0.39, 0.29) is 11.9 Å². The van der Waals surface area contributed by atoms with Gasteiger partial charge in [-0.05, 0) is 25.7 Å². The zero-order chi connectivity index (χ0) is 10.3. The highest BCUT2D eigenvalue weighted by atomic mass is 16.3. The lowest BCUT2D eigenvalue weighted by Gasteiger charge is -2.44. The van der Waals surface area contributed by atoms with Crippen LogP contribution in [0.15, 0.2) is 0 Å². The largest absolute Gasteiger partial charge is 0.386 e. The van der Waals surface area contributed by atoms with Gasteiger partial charge in [0, 0.05) is 12.5 Å². The standard InChI is InChI=1S/C10H18N2O2/c1-10(14)5-12(6-10)9(13)4-8(11)7-2-3-7/h7-8,14H,2-6,11H2,1H3. The first-order valence-electron chi connectivity index (χ1n) is 5.24. The Labute approximate surface area is 84.1 Å². The molecule has 4 heteroatoms. The van der Waals surface area contributed by atoms with Crippen molar-refractivity contribution in [3.05, 3.63) is 0 Å². The summed E-state index contributed by atoms with van der Waals surface area (Å²) in [6.45, 7) is 2.67. The highest BCUT2D eigenvalue weighted by molar-refractivity contribution is 5.78. The molecule has 2 rings (SSSR count). The molecule has 2 fully saturated rings. The molecule has 4 nitrogen and oxygen atoms in total. The van der Waals surface area contributed by atoms with E-state index in [9.17, 15) is 9.90 Å². The van der Waals surface area contributed by atoms with E-state index >= 15 is 0 Å². The molecule has 0 aromatic rings. The van der Waals surface area contributed by atoms with Crippen molar-refractivity contribution in [2.75, 3.05) is 13.1 Å². The van der Waals surface area contributed by atoms with Gasteiger partial charge in [0.2, 0.25) is 5.91 Å². The Morgan fingerprint density at radius 3 is 2.64 bits per heavy atom. The fourth-order valence-electron chi connectivity index (χ4n) is 1.97. The van der Waals surface area contributed by atoms with Crippen molar-refractivity contribution in [1.82, 2.24) is 4.90 Å². The van der Waals surface area contributed by atoms with Gasteiger partial charge in [-0.25, -0.2) is 0 Å². The minimum absolute atomic E-state index is 0.0352. The van der Waals surface area contributed by atoms with E-state index in [0.717, 1.165) is 0 Å². The van der Waals surface area contributed by atoms with Crippen molar-refractivity contribution in [1.29, 1.82) is 0 Å².